The lowest BCUT2D eigenvalue weighted by molar-refractivity contribution is 0.0982. The molecule has 2 aromatic heterocycles. The SMILES string of the molecule is C=Cc1cc(Nc2ncc(Br)c(Nc3cnc4ccccc4c3NS(C)(=O)=O)n2)c(OC)cc1N1CCC(N2CCN(C)CC2)CC1. The van der Waals surface area contributed by atoms with Crippen LogP contribution in [0.5, 0.6) is 5.75 Å². The smallest absolute Gasteiger partial charge is 0.229 e. The maximum absolute atomic E-state index is 12.3. The molecule has 47 heavy (non-hydrogen) atoms. The quantitative estimate of drug-likeness (QED) is 0.192. The van der Waals surface area contributed by atoms with E-state index in [1.165, 1.54) is 0 Å². The van der Waals surface area contributed by atoms with E-state index in [1.54, 1.807) is 19.5 Å². The molecule has 248 valence electrons. The van der Waals surface area contributed by atoms with Crippen LogP contribution in [0.1, 0.15) is 18.4 Å². The van der Waals surface area contributed by atoms with Crippen molar-refractivity contribution in [2.24, 2.45) is 0 Å². The minimum Gasteiger partial charge on any atom is -0.494 e. The maximum atomic E-state index is 12.3. The Kier molecular flexibility index (Phi) is 9.82. The Morgan fingerprint density at radius 2 is 1.74 bits per heavy atom. The van der Waals surface area contributed by atoms with Gasteiger partial charge in [0.15, 0.2) is 0 Å². The van der Waals surface area contributed by atoms with Crippen LogP contribution in [0.3, 0.4) is 0 Å². The van der Waals surface area contributed by atoms with Crippen molar-refractivity contribution >= 4 is 77.4 Å². The molecule has 12 nitrogen and oxygen atoms in total. The summed E-state index contributed by atoms with van der Waals surface area (Å²) in [6.45, 7) is 10.6. The van der Waals surface area contributed by atoms with Crippen molar-refractivity contribution in [3.63, 3.8) is 0 Å². The lowest BCUT2D eigenvalue weighted by Gasteiger charge is -2.43. The summed E-state index contributed by atoms with van der Waals surface area (Å²) in [5.74, 6) is 1.39. The maximum Gasteiger partial charge on any atom is 0.229 e. The first-order valence-electron chi connectivity index (χ1n) is 15.6. The molecule has 2 saturated heterocycles. The van der Waals surface area contributed by atoms with Crippen LogP contribution in [-0.2, 0) is 10.0 Å². The Morgan fingerprint density at radius 1 is 1.00 bits per heavy atom. The predicted molar refractivity (Wildman–Crippen MR) is 194 cm³/mol. The van der Waals surface area contributed by atoms with Gasteiger partial charge in [-0.3, -0.25) is 14.6 Å². The van der Waals surface area contributed by atoms with Crippen LogP contribution in [0.15, 0.2) is 59.8 Å². The zero-order valence-electron chi connectivity index (χ0n) is 26.8. The molecule has 0 amide bonds. The minimum absolute atomic E-state index is 0.316. The zero-order chi connectivity index (χ0) is 33.1. The Hall–Kier alpha value is -3.98. The average Bonchev–Trinajstić information content (AvgIpc) is 3.07. The van der Waals surface area contributed by atoms with Crippen molar-refractivity contribution in [3.05, 3.63) is 65.4 Å². The highest BCUT2D eigenvalue weighted by Crippen LogP contribution is 2.38. The van der Waals surface area contributed by atoms with Gasteiger partial charge in [0.25, 0.3) is 0 Å². The molecular formula is C33H40BrN9O3S. The van der Waals surface area contributed by atoms with E-state index in [4.69, 9.17) is 9.72 Å². The summed E-state index contributed by atoms with van der Waals surface area (Å²) in [5, 5.41) is 7.18. The molecule has 0 saturated carbocycles. The fourth-order valence-electron chi connectivity index (χ4n) is 6.24. The van der Waals surface area contributed by atoms with Gasteiger partial charge in [0.2, 0.25) is 16.0 Å². The topological polar surface area (TPSA) is 128 Å². The molecule has 2 fully saturated rings. The van der Waals surface area contributed by atoms with E-state index >= 15 is 0 Å². The molecule has 0 bridgehead atoms. The molecule has 4 heterocycles. The Bertz CT molecular complexity index is 1880. The highest BCUT2D eigenvalue weighted by Gasteiger charge is 2.28. The molecule has 3 N–H and O–H groups in total. The van der Waals surface area contributed by atoms with Crippen LogP contribution in [0.4, 0.5) is 34.5 Å². The van der Waals surface area contributed by atoms with Gasteiger partial charge in [-0.25, -0.2) is 13.4 Å². The van der Waals surface area contributed by atoms with Crippen molar-refractivity contribution in [1.29, 1.82) is 0 Å². The molecule has 4 aromatic rings. The third kappa shape index (κ3) is 7.61. The van der Waals surface area contributed by atoms with Gasteiger partial charge in [0.05, 0.1) is 46.6 Å². The number of benzene rings is 2. The van der Waals surface area contributed by atoms with E-state index in [0.29, 0.717) is 56.0 Å². The number of aromatic nitrogens is 3. The lowest BCUT2D eigenvalue weighted by Crippen LogP contribution is -2.52. The van der Waals surface area contributed by atoms with Crippen LogP contribution in [0, 0.1) is 0 Å². The fourth-order valence-corrected chi connectivity index (χ4v) is 7.12. The summed E-state index contributed by atoms with van der Waals surface area (Å²) in [7, 11) is 0.263. The number of likely N-dealkylation sites (N-methyl/N-ethyl adjacent to an activating group) is 1. The van der Waals surface area contributed by atoms with E-state index in [0.717, 1.165) is 69.6 Å². The van der Waals surface area contributed by atoms with E-state index in [9.17, 15) is 8.42 Å². The second kappa shape index (κ2) is 14.0. The first-order valence-corrected chi connectivity index (χ1v) is 18.2. The van der Waals surface area contributed by atoms with E-state index in [2.05, 4.69) is 75.6 Å². The molecule has 2 aliphatic heterocycles. The summed E-state index contributed by atoms with van der Waals surface area (Å²) >= 11 is 3.52. The fraction of sp³-hybridized carbons (Fsp3) is 0.364. The first kappa shape index (κ1) is 32.9. The van der Waals surface area contributed by atoms with Crippen molar-refractivity contribution in [1.82, 2.24) is 24.8 Å². The van der Waals surface area contributed by atoms with Crippen LogP contribution in [0.25, 0.3) is 17.0 Å². The number of para-hydroxylation sites is 1. The second-order valence-corrected chi connectivity index (χ2v) is 14.6. The van der Waals surface area contributed by atoms with Gasteiger partial charge in [0.1, 0.15) is 11.6 Å². The second-order valence-electron chi connectivity index (χ2n) is 12.0. The standard InChI is InChI=1S/C33H40BrN9O3S/c1-5-22-18-27(30(46-3)19-29(22)43-12-10-23(11-13-43)42-16-14-41(2)15-17-42)38-33-36-20-25(34)32(39-33)37-28-21-35-26-9-7-6-8-24(26)31(28)40-47(4,44)45/h5-9,18-21,23H,1,10-17H2,2-4H3,(H,35,40)(H2,36,37,38,39). The van der Waals surface area contributed by atoms with Gasteiger partial charge < -0.3 is 25.2 Å². The van der Waals surface area contributed by atoms with Gasteiger partial charge in [-0.1, -0.05) is 30.9 Å². The van der Waals surface area contributed by atoms with Gasteiger partial charge in [-0.05, 0) is 53.5 Å². The Labute approximate surface area is 284 Å². The summed E-state index contributed by atoms with van der Waals surface area (Å²) in [5.41, 5.74) is 4.23. The molecule has 6 rings (SSSR count). The Morgan fingerprint density at radius 3 is 2.45 bits per heavy atom. The molecule has 0 radical (unpaired) electrons. The number of methoxy groups -OCH3 is 1. The number of hydrogen-bond acceptors (Lipinski definition) is 11. The average molecular weight is 723 g/mol. The normalized spacial score (nSPS) is 16.6. The molecular weight excluding hydrogens is 682 g/mol. The van der Waals surface area contributed by atoms with Gasteiger partial charge in [0, 0.05) is 68.6 Å². The summed E-state index contributed by atoms with van der Waals surface area (Å²) in [6, 6.07) is 12.0. The third-order valence-electron chi connectivity index (χ3n) is 8.73. The number of nitrogens with zero attached hydrogens (tertiary/aromatic N) is 6. The largest absolute Gasteiger partial charge is 0.494 e. The lowest BCUT2D eigenvalue weighted by atomic mass is 10.00. The number of fused-ring (bicyclic) bond motifs is 1. The molecule has 0 atom stereocenters. The minimum atomic E-state index is -3.58. The number of sulfonamides is 1. The summed E-state index contributed by atoms with van der Waals surface area (Å²) in [6.07, 6.45) is 8.42. The van der Waals surface area contributed by atoms with Crippen LogP contribution >= 0.6 is 15.9 Å². The van der Waals surface area contributed by atoms with Gasteiger partial charge in [-0.15, -0.1) is 0 Å². The number of ether oxygens (including phenoxy) is 1. The molecule has 2 aliphatic rings. The van der Waals surface area contributed by atoms with Crippen LogP contribution in [0.2, 0.25) is 0 Å². The third-order valence-corrected chi connectivity index (χ3v) is 9.89. The number of halogens is 1. The molecule has 0 aliphatic carbocycles. The molecule has 2 aromatic carbocycles. The number of rotatable bonds is 10. The number of hydrogen-bond donors (Lipinski definition) is 3. The van der Waals surface area contributed by atoms with Gasteiger partial charge in [-0.2, -0.15) is 4.98 Å². The van der Waals surface area contributed by atoms with Crippen molar-refractivity contribution in [2.75, 3.05) is 79.9 Å². The summed E-state index contributed by atoms with van der Waals surface area (Å²) in [4.78, 5) is 21.1. The Balaban J connectivity index is 1.23. The number of piperazine rings is 1. The van der Waals surface area contributed by atoms with E-state index in [-0.39, 0.29) is 0 Å². The number of anilines is 6. The molecule has 0 spiro atoms. The predicted octanol–water partition coefficient (Wildman–Crippen LogP) is 5.51. The van der Waals surface area contributed by atoms with Crippen molar-refractivity contribution in [3.8, 4) is 5.75 Å². The van der Waals surface area contributed by atoms with Crippen molar-refractivity contribution < 1.29 is 13.2 Å². The zero-order valence-corrected chi connectivity index (χ0v) is 29.2. The molecule has 14 heteroatoms. The van der Waals surface area contributed by atoms with E-state index < -0.39 is 10.0 Å². The van der Waals surface area contributed by atoms with E-state index in [1.807, 2.05) is 36.4 Å². The van der Waals surface area contributed by atoms with Crippen LogP contribution < -0.4 is 25.0 Å². The number of pyridine rings is 1. The first-order chi connectivity index (χ1) is 22.6. The van der Waals surface area contributed by atoms with Crippen LogP contribution in [-0.4, -0.2) is 98.9 Å². The highest BCUT2D eigenvalue weighted by atomic mass is 79.9. The van der Waals surface area contributed by atoms with Gasteiger partial charge >= 0.3 is 0 Å². The number of piperidine rings is 1. The highest BCUT2D eigenvalue weighted by molar-refractivity contribution is 9.10. The molecule has 0 unspecified atom stereocenters. The summed E-state index contributed by atoms with van der Waals surface area (Å²) < 4.78 is 33.6. The number of nitrogens with one attached hydrogen (secondary N) is 3. The monoisotopic (exact) mass is 721 g/mol. The van der Waals surface area contributed by atoms with Crippen molar-refractivity contribution in [2.45, 2.75) is 18.9 Å².